The van der Waals surface area contributed by atoms with Crippen LogP contribution in [0.25, 0.3) is 11.1 Å². The number of likely N-dealkylation sites (tertiary alicyclic amines) is 1. The third kappa shape index (κ3) is 4.48. The number of hydrogen-bond acceptors (Lipinski definition) is 2. The van der Waals surface area contributed by atoms with E-state index in [4.69, 9.17) is 16.3 Å². The zero-order valence-electron chi connectivity index (χ0n) is 16.7. The molecule has 0 aliphatic carbocycles. The molecule has 0 radical (unpaired) electrons. The van der Waals surface area contributed by atoms with E-state index in [1.54, 1.807) is 7.11 Å². The van der Waals surface area contributed by atoms with Gasteiger partial charge in [0.25, 0.3) is 5.91 Å². The van der Waals surface area contributed by atoms with Gasteiger partial charge < -0.3 is 9.64 Å². The second-order valence-corrected chi connectivity index (χ2v) is 7.92. The molecule has 4 heteroatoms. The zero-order chi connectivity index (χ0) is 20.1. The van der Waals surface area contributed by atoms with Crippen LogP contribution in [0, 0.1) is 0 Å². The number of amides is 1. The Morgan fingerprint density at radius 1 is 1.25 bits per heavy atom. The maximum absolute atomic E-state index is 13.4. The molecule has 28 heavy (non-hydrogen) atoms. The van der Waals surface area contributed by atoms with Crippen molar-refractivity contribution in [2.45, 2.75) is 51.3 Å². The van der Waals surface area contributed by atoms with E-state index in [1.165, 1.54) is 0 Å². The van der Waals surface area contributed by atoms with Gasteiger partial charge in [-0.3, -0.25) is 4.79 Å². The third-order valence-electron chi connectivity index (χ3n) is 5.51. The molecule has 2 aromatic carbocycles. The van der Waals surface area contributed by atoms with Gasteiger partial charge in [-0.1, -0.05) is 35.9 Å². The molecule has 0 bridgehead atoms. The minimum Gasteiger partial charge on any atom is -0.380 e. The van der Waals surface area contributed by atoms with Crippen molar-refractivity contribution in [3.8, 4) is 11.1 Å². The number of methoxy groups -OCH3 is 1. The summed E-state index contributed by atoms with van der Waals surface area (Å²) < 4.78 is 5.41. The molecule has 3 nitrogen and oxygen atoms in total. The van der Waals surface area contributed by atoms with Crippen LogP contribution in [0.15, 0.2) is 55.1 Å². The smallest absolute Gasteiger partial charge is 0.254 e. The van der Waals surface area contributed by atoms with Gasteiger partial charge in [0.1, 0.15) is 0 Å². The van der Waals surface area contributed by atoms with E-state index in [0.29, 0.717) is 17.2 Å². The predicted octanol–water partition coefficient (Wildman–Crippen LogP) is 6.11. The van der Waals surface area contributed by atoms with Crippen molar-refractivity contribution < 1.29 is 9.53 Å². The molecule has 1 heterocycles. The lowest BCUT2D eigenvalue weighted by Gasteiger charge is -2.40. The Morgan fingerprint density at radius 3 is 2.68 bits per heavy atom. The lowest BCUT2D eigenvalue weighted by Crippen LogP contribution is -2.48. The molecule has 1 aliphatic rings. The highest BCUT2D eigenvalue weighted by molar-refractivity contribution is 6.30. The first-order valence-electron chi connectivity index (χ1n) is 9.86. The number of ether oxygens (including phenoxy) is 1. The first-order chi connectivity index (χ1) is 13.5. The Bertz CT molecular complexity index is 831. The summed E-state index contributed by atoms with van der Waals surface area (Å²) in [4.78, 5) is 15.4. The molecule has 148 valence electrons. The van der Waals surface area contributed by atoms with E-state index in [-0.39, 0.29) is 18.0 Å². The Morgan fingerprint density at radius 2 is 2.00 bits per heavy atom. The molecule has 2 aromatic rings. The summed E-state index contributed by atoms with van der Waals surface area (Å²) in [6.45, 7) is 6.47. The zero-order valence-corrected chi connectivity index (χ0v) is 17.4. The van der Waals surface area contributed by atoms with Crippen molar-refractivity contribution in [3.05, 3.63) is 71.3 Å². The number of hydrogen-bond donors (Lipinski definition) is 0. The van der Waals surface area contributed by atoms with Crippen molar-refractivity contribution in [1.29, 1.82) is 0 Å². The Labute approximate surface area is 173 Å². The molecule has 0 N–H and O–H groups in total. The molecular formula is C24H28ClNO2. The number of carbonyl (C=O) groups is 1. The Hall–Kier alpha value is -2.10. The SMILES string of the molecule is C=CC[C@@H]1CCC[C@H](C)N1C(=O)c1ccc(-c2ccc(Cl)cc2)c(COC)c1. The van der Waals surface area contributed by atoms with Crippen LogP contribution < -0.4 is 0 Å². The van der Waals surface area contributed by atoms with Crippen LogP contribution in [0.3, 0.4) is 0 Å². The van der Waals surface area contributed by atoms with E-state index in [1.807, 2.05) is 48.5 Å². The van der Waals surface area contributed by atoms with E-state index >= 15 is 0 Å². The summed E-state index contributed by atoms with van der Waals surface area (Å²) in [5, 5.41) is 0.705. The standard InChI is InChI=1S/C24H28ClNO2/c1-4-6-22-8-5-7-17(2)26(22)24(27)19-11-14-23(20(15-19)16-28-3)18-9-12-21(25)13-10-18/h4,9-15,17,22H,1,5-8,16H2,2-3H3/t17-,22+/m0/s1. The van der Waals surface area contributed by atoms with Crippen LogP contribution in [-0.2, 0) is 11.3 Å². The number of nitrogens with zero attached hydrogens (tertiary/aromatic N) is 1. The molecule has 3 rings (SSSR count). The number of rotatable bonds is 6. The minimum atomic E-state index is 0.0964. The van der Waals surface area contributed by atoms with Crippen molar-refractivity contribution in [1.82, 2.24) is 4.90 Å². The minimum absolute atomic E-state index is 0.0964. The summed E-state index contributed by atoms with van der Waals surface area (Å²) in [6.07, 6.45) is 6.00. The lowest BCUT2D eigenvalue weighted by atomic mass is 9.92. The number of piperidine rings is 1. The van der Waals surface area contributed by atoms with Gasteiger partial charge in [0.15, 0.2) is 0 Å². The van der Waals surface area contributed by atoms with Crippen LogP contribution in [0.1, 0.15) is 48.5 Å². The predicted molar refractivity (Wildman–Crippen MR) is 116 cm³/mol. The van der Waals surface area contributed by atoms with Gasteiger partial charge in [-0.05, 0) is 73.6 Å². The second-order valence-electron chi connectivity index (χ2n) is 7.48. The topological polar surface area (TPSA) is 29.5 Å². The highest BCUT2D eigenvalue weighted by atomic mass is 35.5. The average Bonchev–Trinajstić information content (AvgIpc) is 2.69. The van der Waals surface area contributed by atoms with Crippen LogP contribution in [0.2, 0.25) is 5.02 Å². The van der Waals surface area contributed by atoms with Gasteiger partial charge in [-0.15, -0.1) is 6.58 Å². The van der Waals surface area contributed by atoms with Crippen LogP contribution in [-0.4, -0.2) is 30.0 Å². The van der Waals surface area contributed by atoms with Crippen molar-refractivity contribution in [2.24, 2.45) is 0 Å². The van der Waals surface area contributed by atoms with E-state index in [9.17, 15) is 4.79 Å². The van der Waals surface area contributed by atoms with Gasteiger partial charge in [-0.2, -0.15) is 0 Å². The highest BCUT2D eigenvalue weighted by Gasteiger charge is 2.31. The largest absolute Gasteiger partial charge is 0.380 e. The summed E-state index contributed by atoms with van der Waals surface area (Å²) in [6, 6.07) is 14.1. The second kappa shape index (κ2) is 9.40. The monoisotopic (exact) mass is 397 g/mol. The molecular weight excluding hydrogens is 370 g/mol. The number of halogens is 1. The maximum Gasteiger partial charge on any atom is 0.254 e. The lowest BCUT2D eigenvalue weighted by molar-refractivity contribution is 0.0484. The molecule has 1 fully saturated rings. The fourth-order valence-electron chi connectivity index (χ4n) is 4.14. The van der Waals surface area contributed by atoms with Gasteiger partial charge in [-0.25, -0.2) is 0 Å². The molecule has 1 aliphatic heterocycles. The fraction of sp³-hybridized carbons (Fsp3) is 0.375. The molecule has 0 saturated carbocycles. The van der Waals surface area contributed by atoms with E-state index in [0.717, 1.165) is 42.4 Å². The fourth-order valence-corrected chi connectivity index (χ4v) is 4.26. The van der Waals surface area contributed by atoms with Crippen molar-refractivity contribution in [3.63, 3.8) is 0 Å². The molecule has 1 amide bonds. The van der Waals surface area contributed by atoms with Gasteiger partial charge in [0, 0.05) is 29.8 Å². The molecule has 2 atom stereocenters. The summed E-state index contributed by atoms with van der Waals surface area (Å²) in [5.74, 6) is 0.0964. The quantitative estimate of drug-likeness (QED) is 0.550. The van der Waals surface area contributed by atoms with Crippen LogP contribution >= 0.6 is 11.6 Å². The maximum atomic E-state index is 13.4. The van der Waals surface area contributed by atoms with Gasteiger partial charge >= 0.3 is 0 Å². The molecule has 1 saturated heterocycles. The summed E-state index contributed by atoms with van der Waals surface area (Å²) in [7, 11) is 1.67. The van der Waals surface area contributed by atoms with E-state index < -0.39 is 0 Å². The van der Waals surface area contributed by atoms with Gasteiger partial charge in [0.2, 0.25) is 0 Å². The Kier molecular flexibility index (Phi) is 6.93. The number of benzene rings is 2. The van der Waals surface area contributed by atoms with Crippen LogP contribution in [0.4, 0.5) is 0 Å². The van der Waals surface area contributed by atoms with Crippen LogP contribution in [0.5, 0.6) is 0 Å². The Balaban J connectivity index is 1.95. The van der Waals surface area contributed by atoms with Gasteiger partial charge in [0.05, 0.1) is 6.61 Å². The molecule has 0 aromatic heterocycles. The van der Waals surface area contributed by atoms with E-state index in [2.05, 4.69) is 18.4 Å². The third-order valence-corrected chi connectivity index (χ3v) is 5.76. The molecule has 0 spiro atoms. The van der Waals surface area contributed by atoms with Crippen molar-refractivity contribution >= 4 is 17.5 Å². The summed E-state index contributed by atoms with van der Waals surface area (Å²) >= 11 is 6.02. The first-order valence-corrected chi connectivity index (χ1v) is 10.2. The molecule has 0 unspecified atom stereocenters. The summed E-state index contributed by atoms with van der Waals surface area (Å²) in [5.41, 5.74) is 3.84. The first kappa shape index (κ1) is 20.6. The average molecular weight is 398 g/mol. The number of carbonyl (C=O) groups excluding carboxylic acids is 1. The highest BCUT2D eigenvalue weighted by Crippen LogP contribution is 2.30. The van der Waals surface area contributed by atoms with Crippen molar-refractivity contribution in [2.75, 3.05) is 7.11 Å². The normalized spacial score (nSPS) is 19.5.